The molecule has 0 aromatic heterocycles. The summed E-state index contributed by atoms with van der Waals surface area (Å²) in [5.41, 5.74) is 3.51. The first-order valence-electron chi connectivity index (χ1n) is 11.7. The molecule has 3 aromatic rings. The summed E-state index contributed by atoms with van der Waals surface area (Å²) >= 11 is 0. The number of hydrogen-bond acceptors (Lipinski definition) is 4. The van der Waals surface area contributed by atoms with Crippen molar-refractivity contribution in [2.75, 3.05) is 23.3 Å². The van der Waals surface area contributed by atoms with Gasteiger partial charge in [0.2, 0.25) is 21.8 Å². The highest BCUT2D eigenvalue weighted by Gasteiger charge is 2.35. The van der Waals surface area contributed by atoms with Gasteiger partial charge in [0.1, 0.15) is 0 Å². The second-order valence-electron chi connectivity index (χ2n) is 8.57. The first-order chi connectivity index (χ1) is 16.9. The van der Waals surface area contributed by atoms with E-state index in [2.05, 4.69) is 17.0 Å². The molecule has 1 heterocycles. The highest BCUT2D eigenvalue weighted by molar-refractivity contribution is 7.89. The number of carbonyl (C=O) groups is 2. The quantitative estimate of drug-likeness (QED) is 0.476. The van der Waals surface area contributed by atoms with Gasteiger partial charge >= 0.3 is 0 Å². The van der Waals surface area contributed by atoms with Crippen LogP contribution in [0, 0.1) is 5.92 Å². The SMILES string of the molecule is CCc1ccc(N2CC(C(=O)Nc3ccc(S(=O)(=O)NCCc4ccccc4)cc3)CC2=O)cc1. The molecule has 2 N–H and O–H groups in total. The number of amides is 2. The van der Waals surface area contributed by atoms with Gasteiger partial charge < -0.3 is 10.2 Å². The summed E-state index contributed by atoms with van der Waals surface area (Å²) in [6.45, 7) is 2.67. The zero-order valence-corrected chi connectivity index (χ0v) is 20.4. The van der Waals surface area contributed by atoms with Crippen LogP contribution in [0.25, 0.3) is 0 Å². The van der Waals surface area contributed by atoms with E-state index in [1.165, 1.54) is 17.7 Å². The first-order valence-corrected chi connectivity index (χ1v) is 13.2. The molecule has 1 unspecified atom stereocenters. The number of aryl methyl sites for hydroxylation is 1. The second-order valence-corrected chi connectivity index (χ2v) is 10.3. The molecule has 0 spiro atoms. The monoisotopic (exact) mass is 491 g/mol. The van der Waals surface area contributed by atoms with Crippen LogP contribution in [-0.4, -0.2) is 33.3 Å². The Balaban J connectivity index is 1.32. The summed E-state index contributed by atoms with van der Waals surface area (Å²) in [5.74, 6) is -0.823. The molecule has 0 aliphatic carbocycles. The van der Waals surface area contributed by atoms with Gasteiger partial charge in [0, 0.05) is 30.9 Å². The summed E-state index contributed by atoms with van der Waals surface area (Å²) in [7, 11) is -3.66. The van der Waals surface area contributed by atoms with Gasteiger partial charge in [0.05, 0.1) is 10.8 Å². The van der Waals surface area contributed by atoms with Crippen molar-refractivity contribution in [3.63, 3.8) is 0 Å². The van der Waals surface area contributed by atoms with E-state index in [1.807, 2.05) is 54.6 Å². The van der Waals surface area contributed by atoms with Crippen molar-refractivity contribution in [2.24, 2.45) is 5.92 Å². The Hall–Kier alpha value is -3.49. The van der Waals surface area contributed by atoms with Crippen molar-refractivity contribution in [3.8, 4) is 0 Å². The van der Waals surface area contributed by atoms with Crippen molar-refractivity contribution >= 4 is 33.2 Å². The summed E-state index contributed by atoms with van der Waals surface area (Å²) < 4.78 is 27.7. The van der Waals surface area contributed by atoms with Crippen LogP contribution >= 0.6 is 0 Å². The molecule has 8 heteroatoms. The number of benzene rings is 3. The molecule has 1 fully saturated rings. The molecule has 35 heavy (non-hydrogen) atoms. The topological polar surface area (TPSA) is 95.6 Å². The largest absolute Gasteiger partial charge is 0.326 e. The Morgan fingerprint density at radius 2 is 1.63 bits per heavy atom. The standard InChI is InChI=1S/C27H29N3O4S/c1-2-20-8-12-24(13-9-20)30-19-22(18-26(30)31)27(32)29-23-10-14-25(15-11-23)35(33,34)28-17-16-21-6-4-3-5-7-21/h3-15,22,28H,2,16-19H2,1H3,(H,29,32). The lowest BCUT2D eigenvalue weighted by Crippen LogP contribution is -2.28. The second kappa shape index (κ2) is 10.8. The number of carbonyl (C=O) groups excluding carboxylic acids is 2. The maximum absolute atomic E-state index is 12.8. The van der Waals surface area contributed by atoms with Crippen LogP contribution < -0.4 is 14.9 Å². The van der Waals surface area contributed by atoms with Crippen LogP contribution in [-0.2, 0) is 32.5 Å². The molecular formula is C27H29N3O4S. The van der Waals surface area contributed by atoms with E-state index in [9.17, 15) is 18.0 Å². The zero-order chi connectivity index (χ0) is 24.8. The molecule has 1 aliphatic heterocycles. The molecule has 1 atom stereocenters. The van der Waals surface area contributed by atoms with Crippen LogP contribution in [0.4, 0.5) is 11.4 Å². The zero-order valence-electron chi connectivity index (χ0n) is 19.6. The van der Waals surface area contributed by atoms with Crippen molar-refractivity contribution in [1.29, 1.82) is 0 Å². The Kier molecular flexibility index (Phi) is 7.63. The maximum Gasteiger partial charge on any atom is 0.240 e. The molecule has 4 rings (SSSR count). The van der Waals surface area contributed by atoms with Crippen LogP contribution in [0.2, 0.25) is 0 Å². The molecule has 7 nitrogen and oxygen atoms in total. The molecule has 0 bridgehead atoms. The maximum atomic E-state index is 12.8. The fourth-order valence-corrected chi connectivity index (χ4v) is 5.10. The molecule has 0 radical (unpaired) electrons. The lowest BCUT2D eigenvalue weighted by Gasteiger charge is -2.17. The third-order valence-electron chi connectivity index (χ3n) is 6.13. The number of nitrogens with one attached hydrogen (secondary N) is 2. The van der Waals surface area contributed by atoms with E-state index in [0.29, 0.717) is 18.7 Å². The van der Waals surface area contributed by atoms with E-state index >= 15 is 0 Å². The van der Waals surface area contributed by atoms with Crippen LogP contribution in [0.3, 0.4) is 0 Å². The van der Waals surface area contributed by atoms with Crippen molar-refractivity contribution in [1.82, 2.24) is 4.72 Å². The minimum Gasteiger partial charge on any atom is -0.326 e. The minimum absolute atomic E-state index is 0.0857. The predicted molar refractivity (Wildman–Crippen MR) is 137 cm³/mol. The summed E-state index contributed by atoms with van der Waals surface area (Å²) in [5, 5.41) is 2.80. The van der Waals surface area contributed by atoms with Crippen LogP contribution in [0.5, 0.6) is 0 Å². The van der Waals surface area contributed by atoms with Gasteiger partial charge in [0.25, 0.3) is 0 Å². The van der Waals surface area contributed by atoms with Crippen molar-refractivity contribution < 1.29 is 18.0 Å². The number of nitrogens with zero attached hydrogens (tertiary/aromatic N) is 1. The minimum atomic E-state index is -3.66. The number of hydrogen-bond donors (Lipinski definition) is 2. The Morgan fingerprint density at radius 1 is 0.943 bits per heavy atom. The van der Waals surface area contributed by atoms with Gasteiger partial charge in [0.15, 0.2) is 0 Å². The van der Waals surface area contributed by atoms with Gasteiger partial charge in [-0.3, -0.25) is 9.59 Å². The van der Waals surface area contributed by atoms with E-state index in [4.69, 9.17) is 0 Å². The average molecular weight is 492 g/mol. The lowest BCUT2D eigenvalue weighted by atomic mass is 10.1. The molecule has 1 aliphatic rings. The fourth-order valence-electron chi connectivity index (χ4n) is 4.06. The Bertz CT molecular complexity index is 1270. The lowest BCUT2D eigenvalue weighted by molar-refractivity contribution is -0.122. The fraction of sp³-hybridized carbons (Fsp3) is 0.259. The van der Waals surface area contributed by atoms with Gasteiger partial charge in [-0.1, -0.05) is 49.4 Å². The number of anilines is 2. The van der Waals surface area contributed by atoms with Crippen LogP contribution in [0.15, 0.2) is 83.8 Å². The van der Waals surface area contributed by atoms with Gasteiger partial charge in [-0.25, -0.2) is 13.1 Å². The normalized spacial score (nSPS) is 15.9. The van der Waals surface area contributed by atoms with Gasteiger partial charge in [-0.2, -0.15) is 0 Å². The van der Waals surface area contributed by atoms with E-state index in [1.54, 1.807) is 17.0 Å². The summed E-state index contributed by atoms with van der Waals surface area (Å²) in [6, 6.07) is 23.5. The summed E-state index contributed by atoms with van der Waals surface area (Å²) in [4.78, 5) is 27.0. The number of rotatable bonds is 9. The van der Waals surface area contributed by atoms with Gasteiger partial charge in [-0.15, -0.1) is 0 Å². The highest BCUT2D eigenvalue weighted by atomic mass is 32.2. The molecular weight excluding hydrogens is 462 g/mol. The predicted octanol–water partition coefficient (Wildman–Crippen LogP) is 3.76. The molecule has 2 amide bonds. The third-order valence-corrected chi connectivity index (χ3v) is 7.61. The average Bonchev–Trinajstić information content (AvgIpc) is 3.27. The van der Waals surface area contributed by atoms with E-state index < -0.39 is 15.9 Å². The smallest absolute Gasteiger partial charge is 0.240 e. The highest BCUT2D eigenvalue weighted by Crippen LogP contribution is 2.26. The Labute approximate surface area is 206 Å². The first kappa shape index (κ1) is 24.6. The van der Waals surface area contributed by atoms with E-state index in [0.717, 1.165) is 17.7 Å². The Morgan fingerprint density at radius 3 is 2.29 bits per heavy atom. The van der Waals surface area contributed by atoms with E-state index in [-0.39, 0.29) is 29.7 Å². The third kappa shape index (κ3) is 6.15. The summed E-state index contributed by atoms with van der Waals surface area (Å²) in [6.07, 6.45) is 1.65. The van der Waals surface area contributed by atoms with Crippen LogP contribution in [0.1, 0.15) is 24.5 Å². The van der Waals surface area contributed by atoms with Crippen molar-refractivity contribution in [3.05, 3.63) is 90.0 Å². The van der Waals surface area contributed by atoms with Crippen molar-refractivity contribution in [2.45, 2.75) is 31.1 Å². The molecule has 1 saturated heterocycles. The molecule has 3 aromatic carbocycles. The molecule has 0 saturated carbocycles. The van der Waals surface area contributed by atoms with Gasteiger partial charge in [-0.05, 0) is 60.4 Å². The molecule has 182 valence electrons. The number of sulfonamides is 1.